The molecule has 0 spiro atoms. The van der Waals surface area contributed by atoms with Crippen molar-refractivity contribution in [2.75, 3.05) is 54.1 Å². The number of nitrogens with zero attached hydrogens (tertiary/aromatic N) is 1. The van der Waals surface area contributed by atoms with Crippen LogP contribution in [0, 0.1) is 0 Å². The molecule has 0 atom stereocenters. The van der Waals surface area contributed by atoms with Crippen LogP contribution in [0.2, 0.25) is 0 Å². The Morgan fingerprint density at radius 1 is 0.727 bits per heavy atom. The fraction of sp³-hybridized carbons (Fsp3) is 0.893. The molecule has 0 radical (unpaired) electrons. The number of unbranched alkanes of at least 4 members (excludes halogenated alkanes) is 14. The number of quaternary nitrogens is 1. The van der Waals surface area contributed by atoms with Crippen LogP contribution < -0.4 is 5.32 Å². The molecule has 5 heteroatoms. The number of ether oxygens (including phenoxy) is 2. The van der Waals surface area contributed by atoms with Crippen LogP contribution in [0.5, 0.6) is 0 Å². The molecule has 196 valence electrons. The summed E-state index contributed by atoms with van der Waals surface area (Å²) in [5.41, 5.74) is 0.806. The lowest BCUT2D eigenvalue weighted by Gasteiger charge is -2.23. The van der Waals surface area contributed by atoms with Gasteiger partial charge in [-0.25, -0.2) is 4.79 Å². The van der Waals surface area contributed by atoms with Crippen molar-refractivity contribution in [3.63, 3.8) is 0 Å². The first-order valence-corrected chi connectivity index (χ1v) is 13.8. The maximum Gasteiger partial charge on any atom is 0.407 e. The van der Waals surface area contributed by atoms with Crippen molar-refractivity contribution in [1.82, 2.24) is 5.32 Å². The Labute approximate surface area is 206 Å². The molecular weight excluding hydrogens is 412 g/mol. The molecule has 0 aliphatic heterocycles. The summed E-state index contributed by atoms with van der Waals surface area (Å²) in [4.78, 5) is 11.7. The Morgan fingerprint density at radius 2 is 1.24 bits per heavy atom. The van der Waals surface area contributed by atoms with Gasteiger partial charge in [-0.2, -0.15) is 0 Å². The van der Waals surface area contributed by atoms with Crippen molar-refractivity contribution in [2.24, 2.45) is 0 Å². The molecule has 0 rings (SSSR count). The minimum atomic E-state index is -0.367. The molecule has 0 aliphatic rings. The number of rotatable bonds is 24. The van der Waals surface area contributed by atoms with Gasteiger partial charge in [0.15, 0.2) is 0 Å². The van der Waals surface area contributed by atoms with Gasteiger partial charge in [-0.3, -0.25) is 0 Å². The number of amides is 1. The van der Waals surface area contributed by atoms with Crippen LogP contribution in [0.25, 0.3) is 0 Å². The monoisotopic (exact) mass is 469 g/mol. The highest BCUT2D eigenvalue weighted by molar-refractivity contribution is 5.67. The first kappa shape index (κ1) is 31.9. The van der Waals surface area contributed by atoms with Gasteiger partial charge in [-0.05, 0) is 24.8 Å². The van der Waals surface area contributed by atoms with Gasteiger partial charge >= 0.3 is 6.09 Å². The number of carbonyl (C=O) groups excluding carboxylic acids is 1. The van der Waals surface area contributed by atoms with Crippen molar-refractivity contribution >= 4 is 6.09 Å². The van der Waals surface area contributed by atoms with Crippen LogP contribution in [0.4, 0.5) is 4.79 Å². The molecule has 0 aromatic rings. The van der Waals surface area contributed by atoms with E-state index in [9.17, 15) is 4.79 Å². The van der Waals surface area contributed by atoms with E-state index in [4.69, 9.17) is 9.47 Å². The molecule has 0 bridgehead atoms. The maximum atomic E-state index is 11.7. The van der Waals surface area contributed by atoms with E-state index >= 15 is 0 Å². The molecule has 0 unspecified atom stereocenters. The van der Waals surface area contributed by atoms with E-state index in [2.05, 4.69) is 40.0 Å². The van der Waals surface area contributed by atoms with Crippen LogP contribution in [0.3, 0.4) is 0 Å². The number of hydrogen-bond acceptors (Lipinski definition) is 3. The smallest absolute Gasteiger partial charge is 0.407 e. The van der Waals surface area contributed by atoms with Crippen LogP contribution >= 0.6 is 0 Å². The zero-order valence-corrected chi connectivity index (χ0v) is 22.7. The number of carbonyl (C=O) groups is 1. The minimum absolute atomic E-state index is 0.226. The molecule has 0 saturated carbocycles. The van der Waals surface area contributed by atoms with Gasteiger partial charge in [0.1, 0.15) is 6.61 Å². The fourth-order valence-corrected chi connectivity index (χ4v) is 3.78. The summed E-state index contributed by atoms with van der Waals surface area (Å²) in [5, 5.41) is 2.80. The Hall–Kier alpha value is -1.07. The molecule has 1 amide bonds. The SMILES string of the molecule is C=C(COCCCCCCCCCCCCCCCC)COC(=O)NCCCC[N+](C)(C)C. The Morgan fingerprint density at radius 3 is 1.76 bits per heavy atom. The normalized spacial score (nSPS) is 11.5. The lowest BCUT2D eigenvalue weighted by atomic mass is 10.0. The molecule has 0 aromatic heterocycles. The van der Waals surface area contributed by atoms with Gasteiger partial charge in [-0.1, -0.05) is 97.0 Å². The molecule has 0 aliphatic carbocycles. The van der Waals surface area contributed by atoms with Gasteiger partial charge < -0.3 is 19.3 Å². The maximum absolute atomic E-state index is 11.7. The molecule has 0 saturated heterocycles. The zero-order chi connectivity index (χ0) is 24.6. The number of alkyl carbamates (subject to hydrolysis) is 1. The molecule has 1 N–H and O–H groups in total. The van der Waals surface area contributed by atoms with E-state index in [0.717, 1.165) is 42.5 Å². The molecule has 0 fully saturated rings. The van der Waals surface area contributed by atoms with Crippen molar-refractivity contribution in [3.05, 3.63) is 12.2 Å². The van der Waals surface area contributed by atoms with Crippen molar-refractivity contribution in [3.8, 4) is 0 Å². The highest BCUT2D eigenvalue weighted by Gasteiger charge is 2.07. The summed E-state index contributed by atoms with van der Waals surface area (Å²) in [7, 11) is 6.53. The van der Waals surface area contributed by atoms with Crippen molar-refractivity contribution in [1.29, 1.82) is 0 Å². The van der Waals surface area contributed by atoms with Gasteiger partial charge in [-0.15, -0.1) is 0 Å². The molecular formula is C28H57N2O3+. The third kappa shape index (κ3) is 27.1. The minimum Gasteiger partial charge on any atom is -0.445 e. The summed E-state index contributed by atoms with van der Waals surface area (Å²) in [6, 6.07) is 0. The Kier molecular flexibility index (Phi) is 22.0. The second-order valence-electron chi connectivity index (χ2n) is 10.6. The van der Waals surface area contributed by atoms with E-state index in [1.54, 1.807) is 0 Å². The molecule has 33 heavy (non-hydrogen) atoms. The van der Waals surface area contributed by atoms with Crippen LogP contribution in [0.15, 0.2) is 12.2 Å². The Bertz CT molecular complexity index is 461. The quantitative estimate of drug-likeness (QED) is 0.0919. The van der Waals surface area contributed by atoms with Gasteiger partial charge in [0, 0.05) is 13.2 Å². The molecule has 0 aromatic carbocycles. The predicted molar refractivity (Wildman–Crippen MR) is 142 cm³/mol. The second kappa shape index (κ2) is 22.7. The average Bonchev–Trinajstić information content (AvgIpc) is 2.76. The third-order valence-corrected chi connectivity index (χ3v) is 5.88. The van der Waals surface area contributed by atoms with Gasteiger partial charge in [0.05, 0.1) is 34.3 Å². The number of hydrogen-bond donors (Lipinski definition) is 1. The first-order valence-electron chi connectivity index (χ1n) is 13.8. The molecule has 5 nitrogen and oxygen atoms in total. The van der Waals surface area contributed by atoms with E-state index in [0.29, 0.717) is 13.2 Å². The van der Waals surface area contributed by atoms with E-state index in [1.807, 2.05) is 0 Å². The summed E-state index contributed by atoms with van der Waals surface area (Å²) < 4.78 is 11.8. The van der Waals surface area contributed by atoms with Crippen LogP contribution in [-0.2, 0) is 9.47 Å². The average molecular weight is 470 g/mol. The summed E-state index contributed by atoms with van der Waals surface area (Å²) >= 11 is 0. The highest BCUT2D eigenvalue weighted by Crippen LogP contribution is 2.13. The van der Waals surface area contributed by atoms with E-state index < -0.39 is 0 Å². The topological polar surface area (TPSA) is 47.6 Å². The second-order valence-corrected chi connectivity index (χ2v) is 10.6. The van der Waals surface area contributed by atoms with Crippen molar-refractivity contribution in [2.45, 2.75) is 110 Å². The standard InChI is InChI=1S/C28H56N2O3/c1-6-7-8-9-10-11-12-13-14-15-16-17-18-21-24-32-25-27(2)26-33-28(31)29-22-19-20-23-30(3,4)5/h2,6-26H2,1,3-5H3/p+1. The van der Waals surface area contributed by atoms with Crippen LogP contribution in [0.1, 0.15) is 110 Å². The largest absolute Gasteiger partial charge is 0.445 e. The highest BCUT2D eigenvalue weighted by atomic mass is 16.5. The van der Waals surface area contributed by atoms with Gasteiger partial charge in [0.2, 0.25) is 0 Å². The lowest BCUT2D eigenvalue weighted by molar-refractivity contribution is -0.870. The zero-order valence-electron chi connectivity index (χ0n) is 22.7. The lowest BCUT2D eigenvalue weighted by Crippen LogP contribution is -2.35. The van der Waals surface area contributed by atoms with E-state index in [1.165, 1.54) is 83.5 Å². The number of nitrogens with one attached hydrogen (secondary N) is 1. The third-order valence-electron chi connectivity index (χ3n) is 5.88. The van der Waals surface area contributed by atoms with Crippen LogP contribution in [-0.4, -0.2) is 64.6 Å². The summed E-state index contributed by atoms with van der Waals surface area (Å²) in [5.74, 6) is 0. The Balaban J connectivity index is 3.30. The fourth-order valence-electron chi connectivity index (χ4n) is 3.78. The predicted octanol–water partition coefficient (Wildman–Crippen LogP) is 7.25. The van der Waals surface area contributed by atoms with Gasteiger partial charge in [0.25, 0.3) is 0 Å². The molecule has 0 heterocycles. The van der Waals surface area contributed by atoms with E-state index in [-0.39, 0.29) is 12.7 Å². The summed E-state index contributed by atoms with van der Waals surface area (Å²) in [6.07, 6.45) is 20.8. The summed E-state index contributed by atoms with van der Waals surface area (Å²) in [6.45, 7) is 9.43. The van der Waals surface area contributed by atoms with Crippen molar-refractivity contribution < 1.29 is 18.8 Å². The first-order chi connectivity index (χ1) is 15.8.